The van der Waals surface area contributed by atoms with E-state index in [1.54, 1.807) is 12.3 Å². The summed E-state index contributed by atoms with van der Waals surface area (Å²) in [5.41, 5.74) is 1.97. The van der Waals surface area contributed by atoms with Crippen molar-refractivity contribution in [2.75, 3.05) is 5.32 Å². The maximum Gasteiger partial charge on any atom is 0.272 e. The van der Waals surface area contributed by atoms with Gasteiger partial charge in [-0.05, 0) is 36.3 Å². The van der Waals surface area contributed by atoms with Gasteiger partial charge in [0.05, 0.1) is 11.7 Å². The fourth-order valence-electron chi connectivity index (χ4n) is 4.44. The first-order valence-electron chi connectivity index (χ1n) is 9.68. The molecule has 2 amide bonds. The fraction of sp³-hybridized carbons (Fsp3) is 0.333. The summed E-state index contributed by atoms with van der Waals surface area (Å²) < 4.78 is 0. The number of nitrogens with one attached hydrogen (secondary N) is 3. The van der Waals surface area contributed by atoms with Gasteiger partial charge in [0.2, 0.25) is 5.91 Å². The zero-order valence-electron chi connectivity index (χ0n) is 15.3. The first kappa shape index (κ1) is 16.9. The molecule has 3 N–H and O–H groups in total. The summed E-state index contributed by atoms with van der Waals surface area (Å²) in [6.45, 7) is 0.424. The molecule has 2 aliphatic carbocycles. The van der Waals surface area contributed by atoms with Crippen molar-refractivity contribution in [3.8, 4) is 0 Å². The maximum absolute atomic E-state index is 12.6. The van der Waals surface area contributed by atoms with E-state index < -0.39 is 0 Å². The van der Waals surface area contributed by atoms with Crippen molar-refractivity contribution in [3.05, 3.63) is 53.9 Å². The van der Waals surface area contributed by atoms with Gasteiger partial charge in [0.25, 0.3) is 5.91 Å². The Bertz CT molecular complexity index is 1040. The van der Waals surface area contributed by atoms with Gasteiger partial charge in [0, 0.05) is 17.8 Å². The van der Waals surface area contributed by atoms with Crippen LogP contribution >= 0.6 is 0 Å². The van der Waals surface area contributed by atoms with Crippen LogP contribution in [0.25, 0.3) is 10.9 Å². The second-order valence-corrected chi connectivity index (χ2v) is 7.63. The third-order valence-electron chi connectivity index (χ3n) is 5.92. The van der Waals surface area contributed by atoms with Crippen LogP contribution in [0, 0.1) is 17.8 Å². The molecule has 2 fully saturated rings. The summed E-state index contributed by atoms with van der Waals surface area (Å²) in [6, 6.07) is 11.4. The number of nitrogens with zero attached hydrogens (tertiary/aromatic N) is 2. The van der Waals surface area contributed by atoms with Crippen LogP contribution in [0.1, 0.15) is 35.3 Å². The zero-order valence-corrected chi connectivity index (χ0v) is 15.3. The highest BCUT2D eigenvalue weighted by Gasteiger charge is 2.56. The number of hydrogen-bond donors (Lipinski definition) is 3. The molecular weight excluding hydrogens is 354 g/mol. The number of H-pyrrole nitrogens is 1. The molecule has 1 unspecified atom stereocenters. The molecule has 5 rings (SSSR count). The number of hydrogen-bond acceptors (Lipinski definition) is 4. The summed E-state index contributed by atoms with van der Waals surface area (Å²) >= 11 is 0. The molecule has 7 heteroatoms. The van der Waals surface area contributed by atoms with Gasteiger partial charge in [-0.15, -0.1) is 0 Å². The standard InChI is InChI=1S/C21H21N5O2/c27-20(18-13-7-4-8-14(13)18)24-17-9-15-16(11-22-17)25-26-19(15)21(28)23-10-12-5-2-1-3-6-12/h1-3,5-6,9,11,13-14,18H,4,7-8,10H2,(H,23,28)(H,25,26)(H,22,24,27)/t13-,14+,18?. The molecule has 0 aliphatic heterocycles. The lowest BCUT2D eigenvalue weighted by molar-refractivity contribution is -0.118. The van der Waals surface area contributed by atoms with E-state index in [4.69, 9.17) is 0 Å². The second-order valence-electron chi connectivity index (χ2n) is 7.63. The highest BCUT2D eigenvalue weighted by atomic mass is 16.2. The summed E-state index contributed by atoms with van der Waals surface area (Å²) in [5, 5.41) is 13.4. The van der Waals surface area contributed by atoms with E-state index in [9.17, 15) is 9.59 Å². The van der Waals surface area contributed by atoms with Crippen molar-refractivity contribution < 1.29 is 9.59 Å². The van der Waals surface area contributed by atoms with Gasteiger partial charge in [0.15, 0.2) is 5.69 Å². The number of pyridine rings is 1. The van der Waals surface area contributed by atoms with E-state index in [1.807, 2.05) is 30.3 Å². The molecular formula is C21H21N5O2. The monoisotopic (exact) mass is 375 g/mol. The third-order valence-corrected chi connectivity index (χ3v) is 5.92. The minimum absolute atomic E-state index is 0.0418. The average Bonchev–Trinajstić information content (AvgIpc) is 3.05. The van der Waals surface area contributed by atoms with Gasteiger partial charge < -0.3 is 10.6 Å². The number of rotatable bonds is 5. The zero-order chi connectivity index (χ0) is 19.1. The number of aromatic amines is 1. The minimum atomic E-state index is -0.268. The molecule has 0 bridgehead atoms. The molecule has 2 saturated carbocycles. The van der Waals surface area contributed by atoms with Crippen LogP contribution in [-0.2, 0) is 11.3 Å². The van der Waals surface area contributed by atoms with Crippen LogP contribution in [0.4, 0.5) is 5.82 Å². The van der Waals surface area contributed by atoms with E-state index in [0.29, 0.717) is 40.8 Å². The Morgan fingerprint density at radius 2 is 1.93 bits per heavy atom. The lowest BCUT2D eigenvalue weighted by Crippen LogP contribution is -2.23. The van der Waals surface area contributed by atoms with Crippen molar-refractivity contribution in [2.24, 2.45) is 17.8 Å². The van der Waals surface area contributed by atoms with Crippen LogP contribution in [0.3, 0.4) is 0 Å². The van der Waals surface area contributed by atoms with E-state index in [1.165, 1.54) is 6.42 Å². The third kappa shape index (κ3) is 3.02. The number of aromatic nitrogens is 3. The van der Waals surface area contributed by atoms with Crippen LogP contribution in [0.2, 0.25) is 0 Å². The van der Waals surface area contributed by atoms with Gasteiger partial charge in [-0.3, -0.25) is 14.7 Å². The molecule has 2 aliphatic rings. The Morgan fingerprint density at radius 3 is 2.71 bits per heavy atom. The lowest BCUT2D eigenvalue weighted by atomic mass is 10.1. The number of benzene rings is 1. The number of fused-ring (bicyclic) bond motifs is 2. The van der Waals surface area contributed by atoms with Gasteiger partial charge in [-0.2, -0.15) is 5.10 Å². The predicted molar refractivity (Wildman–Crippen MR) is 104 cm³/mol. The minimum Gasteiger partial charge on any atom is -0.347 e. The van der Waals surface area contributed by atoms with Crippen molar-refractivity contribution in [1.82, 2.24) is 20.5 Å². The molecule has 1 aromatic carbocycles. The first-order valence-corrected chi connectivity index (χ1v) is 9.68. The second kappa shape index (κ2) is 6.74. The molecule has 3 aromatic rings. The number of carbonyl (C=O) groups is 2. The van der Waals surface area contributed by atoms with E-state index in [2.05, 4.69) is 25.8 Å². The molecule has 142 valence electrons. The van der Waals surface area contributed by atoms with Crippen LogP contribution in [0.5, 0.6) is 0 Å². The van der Waals surface area contributed by atoms with Gasteiger partial charge in [0.1, 0.15) is 5.82 Å². The number of amides is 2. The highest BCUT2D eigenvalue weighted by Crippen LogP contribution is 2.57. The summed E-state index contributed by atoms with van der Waals surface area (Å²) in [4.78, 5) is 29.3. The summed E-state index contributed by atoms with van der Waals surface area (Å²) in [7, 11) is 0. The molecule has 3 atom stereocenters. The van der Waals surface area contributed by atoms with E-state index >= 15 is 0 Å². The topological polar surface area (TPSA) is 99.8 Å². The Kier molecular flexibility index (Phi) is 4.07. The molecule has 7 nitrogen and oxygen atoms in total. The average molecular weight is 375 g/mol. The fourth-order valence-corrected chi connectivity index (χ4v) is 4.44. The number of carbonyl (C=O) groups excluding carboxylic acids is 2. The molecule has 2 aromatic heterocycles. The molecule has 0 spiro atoms. The first-order chi connectivity index (χ1) is 13.7. The van der Waals surface area contributed by atoms with Crippen molar-refractivity contribution in [2.45, 2.75) is 25.8 Å². The Hall–Kier alpha value is -3.22. The lowest BCUT2D eigenvalue weighted by Gasteiger charge is -2.06. The predicted octanol–water partition coefficient (Wildman–Crippen LogP) is 2.87. The maximum atomic E-state index is 12.6. The molecule has 0 radical (unpaired) electrons. The van der Waals surface area contributed by atoms with Crippen molar-refractivity contribution >= 4 is 28.5 Å². The molecule has 0 saturated heterocycles. The number of anilines is 1. The van der Waals surface area contributed by atoms with Gasteiger partial charge >= 0.3 is 0 Å². The van der Waals surface area contributed by atoms with Gasteiger partial charge in [-0.25, -0.2) is 4.98 Å². The Balaban J connectivity index is 1.30. The molecule has 2 heterocycles. The Morgan fingerprint density at radius 1 is 1.14 bits per heavy atom. The van der Waals surface area contributed by atoms with E-state index in [-0.39, 0.29) is 17.7 Å². The normalized spacial score (nSPS) is 22.6. The summed E-state index contributed by atoms with van der Waals surface area (Å²) in [6.07, 6.45) is 5.14. The van der Waals surface area contributed by atoms with Crippen molar-refractivity contribution in [3.63, 3.8) is 0 Å². The van der Waals surface area contributed by atoms with Crippen LogP contribution < -0.4 is 10.6 Å². The largest absolute Gasteiger partial charge is 0.347 e. The van der Waals surface area contributed by atoms with E-state index in [0.717, 1.165) is 18.4 Å². The SMILES string of the molecule is O=C(NCc1ccccc1)c1n[nH]c2cnc(NC(=O)C3[C@H]4CCC[C@@H]34)cc12. The molecule has 28 heavy (non-hydrogen) atoms. The van der Waals surface area contributed by atoms with Gasteiger partial charge in [-0.1, -0.05) is 36.8 Å². The van der Waals surface area contributed by atoms with Crippen LogP contribution in [0.15, 0.2) is 42.6 Å². The quantitative estimate of drug-likeness (QED) is 0.638. The Labute approximate surface area is 161 Å². The van der Waals surface area contributed by atoms with Crippen molar-refractivity contribution in [1.29, 1.82) is 0 Å². The van der Waals surface area contributed by atoms with Crippen LogP contribution in [-0.4, -0.2) is 27.0 Å². The summed E-state index contributed by atoms with van der Waals surface area (Å²) in [5.74, 6) is 1.47. The highest BCUT2D eigenvalue weighted by molar-refractivity contribution is 6.05. The smallest absolute Gasteiger partial charge is 0.272 e.